The first-order valence-corrected chi connectivity index (χ1v) is 7.66. The van der Waals surface area contributed by atoms with Gasteiger partial charge in [-0.15, -0.1) is 0 Å². The molecule has 1 heterocycles. The summed E-state index contributed by atoms with van der Waals surface area (Å²) in [6.07, 6.45) is -4.41. The zero-order chi connectivity index (χ0) is 17.9. The van der Waals surface area contributed by atoms with Crippen LogP contribution in [0.4, 0.5) is 17.6 Å². The van der Waals surface area contributed by atoms with E-state index in [4.69, 9.17) is 10.5 Å². The summed E-state index contributed by atoms with van der Waals surface area (Å²) in [5, 5.41) is 0. The minimum atomic E-state index is -4.47. The van der Waals surface area contributed by atoms with E-state index < -0.39 is 30.0 Å². The first kappa shape index (κ1) is 18.5. The van der Waals surface area contributed by atoms with Gasteiger partial charge in [-0.25, -0.2) is 4.39 Å². The van der Waals surface area contributed by atoms with Gasteiger partial charge in [-0.3, -0.25) is 4.79 Å². The molecule has 4 nitrogen and oxygen atoms in total. The second-order valence-electron chi connectivity index (χ2n) is 5.91. The van der Waals surface area contributed by atoms with E-state index in [0.717, 1.165) is 4.90 Å². The van der Waals surface area contributed by atoms with Crippen LogP contribution in [0.2, 0.25) is 0 Å². The molecule has 0 bridgehead atoms. The van der Waals surface area contributed by atoms with Crippen molar-refractivity contribution in [2.75, 3.05) is 13.7 Å². The number of methoxy groups -OCH3 is 1. The van der Waals surface area contributed by atoms with Crippen molar-refractivity contribution in [3.63, 3.8) is 0 Å². The monoisotopic (exact) mass is 348 g/mol. The number of nitrogens with zero attached hydrogens (tertiary/aromatic N) is 1. The molecule has 1 aromatic carbocycles. The quantitative estimate of drug-likeness (QED) is 0.851. The Morgan fingerprint density at radius 1 is 1.38 bits per heavy atom. The molecule has 2 rings (SSSR count). The number of ether oxygens (including phenoxy) is 1. The molecular weight excluding hydrogens is 328 g/mol. The van der Waals surface area contributed by atoms with E-state index in [-0.39, 0.29) is 38.0 Å². The van der Waals surface area contributed by atoms with Gasteiger partial charge in [0.1, 0.15) is 6.04 Å². The molecule has 1 aliphatic heterocycles. The molecule has 1 aliphatic rings. The summed E-state index contributed by atoms with van der Waals surface area (Å²) in [5.74, 6) is -1.12. The fraction of sp³-hybridized carbons (Fsp3) is 0.562. The zero-order valence-electron chi connectivity index (χ0n) is 13.3. The lowest BCUT2D eigenvalue weighted by atomic mass is 9.97. The Balaban J connectivity index is 2.03. The van der Waals surface area contributed by atoms with Gasteiger partial charge in [-0.1, -0.05) is 6.07 Å². The number of amides is 1. The van der Waals surface area contributed by atoms with Crippen molar-refractivity contribution in [3.8, 4) is 5.75 Å². The van der Waals surface area contributed by atoms with Gasteiger partial charge in [-0.05, 0) is 37.0 Å². The number of aryl methyl sites for hydroxylation is 1. The highest BCUT2D eigenvalue weighted by Crippen LogP contribution is 2.32. The van der Waals surface area contributed by atoms with Gasteiger partial charge < -0.3 is 15.4 Å². The molecule has 0 spiro atoms. The normalized spacial score (nSPS) is 21.7. The van der Waals surface area contributed by atoms with Crippen molar-refractivity contribution >= 4 is 5.91 Å². The van der Waals surface area contributed by atoms with E-state index in [2.05, 4.69) is 0 Å². The average molecular weight is 348 g/mol. The number of hydrogen-bond donors (Lipinski definition) is 1. The van der Waals surface area contributed by atoms with E-state index in [0.29, 0.717) is 5.56 Å². The summed E-state index contributed by atoms with van der Waals surface area (Å²) in [6.45, 7) is -0.111. The molecule has 1 aromatic rings. The SMILES string of the molecule is COc1ccc(CCC(=O)N2C[C@@H](N)CC[C@H]2C(F)(F)F)cc1F. The van der Waals surface area contributed by atoms with Crippen molar-refractivity contribution in [1.82, 2.24) is 4.90 Å². The van der Waals surface area contributed by atoms with Crippen molar-refractivity contribution in [1.29, 1.82) is 0 Å². The lowest BCUT2D eigenvalue weighted by molar-refractivity contribution is -0.196. The van der Waals surface area contributed by atoms with Gasteiger partial charge in [0.25, 0.3) is 0 Å². The highest BCUT2D eigenvalue weighted by atomic mass is 19.4. The number of hydrogen-bond acceptors (Lipinski definition) is 3. The van der Waals surface area contributed by atoms with Gasteiger partial charge in [0.15, 0.2) is 11.6 Å². The fourth-order valence-electron chi connectivity index (χ4n) is 2.88. The topological polar surface area (TPSA) is 55.6 Å². The highest BCUT2D eigenvalue weighted by Gasteiger charge is 2.47. The molecule has 134 valence electrons. The molecule has 1 fully saturated rings. The van der Waals surface area contributed by atoms with Crippen molar-refractivity contribution < 1.29 is 27.1 Å². The fourth-order valence-corrected chi connectivity index (χ4v) is 2.88. The zero-order valence-corrected chi connectivity index (χ0v) is 13.3. The summed E-state index contributed by atoms with van der Waals surface area (Å²) >= 11 is 0. The van der Waals surface area contributed by atoms with E-state index in [1.54, 1.807) is 6.07 Å². The van der Waals surface area contributed by atoms with Crippen LogP contribution < -0.4 is 10.5 Å². The Hall–Kier alpha value is -1.83. The third-order valence-electron chi connectivity index (χ3n) is 4.16. The Labute approximate surface area is 137 Å². The summed E-state index contributed by atoms with van der Waals surface area (Å²) in [5.41, 5.74) is 6.22. The van der Waals surface area contributed by atoms with Crippen LogP contribution in [0.25, 0.3) is 0 Å². The Morgan fingerprint density at radius 3 is 2.67 bits per heavy atom. The molecule has 2 atom stereocenters. The van der Waals surface area contributed by atoms with Crippen LogP contribution in [0.3, 0.4) is 0 Å². The average Bonchev–Trinajstić information content (AvgIpc) is 2.51. The number of benzene rings is 1. The number of likely N-dealkylation sites (tertiary alicyclic amines) is 1. The predicted molar refractivity (Wildman–Crippen MR) is 80.0 cm³/mol. The standard InChI is InChI=1S/C16H20F4N2O2/c1-24-13-5-2-10(8-12(13)17)3-7-15(23)22-9-11(21)4-6-14(22)16(18,19)20/h2,5,8,11,14H,3-4,6-7,9,21H2,1H3/t11-,14-/m0/s1. The van der Waals surface area contributed by atoms with Gasteiger partial charge in [0.2, 0.25) is 5.91 Å². The lowest BCUT2D eigenvalue weighted by Crippen LogP contribution is -2.56. The molecule has 0 unspecified atom stereocenters. The first-order valence-electron chi connectivity index (χ1n) is 7.66. The molecule has 0 saturated carbocycles. The summed E-state index contributed by atoms with van der Waals surface area (Å²) < 4.78 is 57.6. The van der Waals surface area contributed by atoms with Gasteiger partial charge in [0.05, 0.1) is 7.11 Å². The van der Waals surface area contributed by atoms with Crippen LogP contribution in [0.1, 0.15) is 24.8 Å². The van der Waals surface area contributed by atoms with Crippen LogP contribution in [-0.2, 0) is 11.2 Å². The Kier molecular flexibility index (Phi) is 5.69. The van der Waals surface area contributed by atoms with Crippen molar-refractivity contribution in [2.24, 2.45) is 5.73 Å². The molecule has 2 N–H and O–H groups in total. The van der Waals surface area contributed by atoms with Gasteiger partial charge in [0, 0.05) is 19.0 Å². The van der Waals surface area contributed by atoms with Crippen LogP contribution in [0.5, 0.6) is 5.75 Å². The second-order valence-corrected chi connectivity index (χ2v) is 5.91. The van der Waals surface area contributed by atoms with Crippen molar-refractivity contribution in [2.45, 2.75) is 43.9 Å². The molecule has 0 aromatic heterocycles. The van der Waals surface area contributed by atoms with Crippen LogP contribution >= 0.6 is 0 Å². The molecule has 24 heavy (non-hydrogen) atoms. The van der Waals surface area contributed by atoms with Crippen molar-refractivity contribution in [3.05, 3.63) is 29.6 Å². The van der Waals surface area contributed by atoms with Gasteiger partial charge >= 0.3 is 6.18 Å². The van der Waals surface area contributed by atoms with E-state index >= 15 is 0 Å². The summed E-state index contributed by atoms with van der Waals surface area (Å²) in [7, 11) is 1.33. The smallest absolute Gasteiger partial charge is 0.408 e. The summed E-state index contributed by atoms with van der Waals surface area (Å²) in [4.78, 5) is 13.0. The third-order valence-corrected chi connectivity index (χ3v) is 4.16. The molecule has 0 radical (unpaired) electrons. The highest BCUT2D eigenvalue weighted by molar-refractivity contribution is 5.77. The van der Waals surface area contributed by atoms with E-state index in [9.17, 15) is 22.4 Å². The Morgan fingerprint density at radius 2 is 2.08 bits per heavy atom. The largest absolute Gasteiger partial charge is 0.494 e. The minimum absolute atomic E-state index is 0.0733. The maximum absolute atomic E-state index is 13.6. The molecule has 1 saturated heterocycles. The number of nitrogens with two attached hydrogens (primary N) is 1. The van der Waals surface area contributed by atoms with E-state index in [1.165, 1.54) is 19.2 Å². The minimum Gasteiger partial charge on any atom is -0.494 e. The van der Waals surface area contributed by atoms with E-state index in [1.807, 2.05) is 0 Å². The van der Waals surface area contributed by atoms with Gasteiger partial charge in [-0.2, -0.15) is 13.2 Å². The number of carbonyl (C=O) groups excluding carboxylic acids is 1. The molecule has 8 heteroatoms. The lowest BCUT2D eigenvalue weighted by Gasteiger charge is -2.39. The number of halogens is 4. The first-order chi connectivity index (χ1) is 11.2. The van der Waals surface area contributed by atoms with Crippen LogP contribution in [-0.4, -0.2) is 42.7 Å². The molecule has 1 amide bonds. The maximum atomic E-state index is 13.6. The van der Waals surface area contributed by atoms with Crippen LogP contribution in [0.15, 0.2) is 18.2 Å². The number of rotatable bonds is 4. The predicted octanol–water partition coefficient (Wildman–Crippen LogP) is 2.65. The Bertz CT molecular complexity index is 592. The summed E-state index contributed by atoms with van der Waals surface area (Å²) in [6, 6.07) is 1.97. The number of piperidine rings is 1. The molecular formula is C16H20F4N2O2. The van der Waals surface area contributed by atoms with Crippen LogP contribution in [0, 0.1) is 5.82 Å². The molecule has 0 aliphatic carbocycles. The second kappa shape index (κ2) is 7.38. The number of alkyl halides is 3. The maximum Gasteiger partial charge on any atom is 0.408 e. The third kappa shape index (κ3) is 4.37. The number of carbonyl (C=O) groups is 1.